The Hall–Kier alpha value is -2.90. The number of aliphatic hydroxyl groups is 1. The van der Waals surface area contributed by atoms with Crippen molar-refractivity contribution in [2.24, 2.45) is 0 Å². The Kier molecular flexibility index (Phi) is 4.33. The van der Waals surface area contributed by atoms with Gasteiger partial charge in [-0.2, -0.15) is 0 Å². The number of pyridine rings is 1. The Bertz CT molecular complexity index is 1030. The van der Waals surface area contributed by atoms with E-state index in [0.717, 1.165) is 22.2 Å². The van der Waals surface area contributed by atoms with Gasteiger partial charge >= 0.3 is 5.97 Å². The first-order valence-corrected chi connectivity index (χ1v) is 8.76. The third kappa shape index (κ3) is 2.75. The fourth-order valence-electron chi connectivity index (χ4n) is 3.86. The number of fused-ring (bicyclic) bond motifs is 3. The molecular weight excluding hydrogens is 346 g/mol. The summed E-state index contributed by atoms with van der Waals surface area (Å²) < 4.78 is 4.95. The van der Waals surface area contributed by atoms with Gasteiger partial charge in [-0.05, 0) is 18.6 Å². The third-order valence-electron chi connectivity index (χ3n) is 5.21. The van der Waals surface area contributed by atoms with Gasteiger partial charge in [0.15, 0.2) is 0 Å². The van der Waals surface area contributed by atoms with Gasteiger partial charge in [-0.1, -0.05) is 18.2 Å². The quantitative estimate of drug-likeness (QED) is 0.526. The first kappa shape index (κ1) is 17.5. The van der Waals surface area contributed by atoms with Gasteiger partial charge in [0.1, 0.15) is 11.8 Å². The number of carbonyl (C=O) groups is 1. The molecule has 7 nitrogen and oxygen atoms in total. The molecule has 2 atom stereocenters. The minimum Gasteiger partial charge on any atom is -0.506 e. The van der Waals surface area contributed by atoms with Crippen LogP contribution in [0.15, 0.2) is 30.5 Å². The molecule has 2 aromatic heterocycles. The Labute approximate surface area is 156 Å². The number of aliphatic hydroxyl groups excluding tert-OH is 1. The van der Waals surface area contributed by atoms with Gasteiger partial charge in [-0.25, -0.2) is 0 Å². The predicted octanol–water partition coefficient (Wildman–Crippen LogP) is 1.85. The van der Waals surface area contributed by atoms with Gasteiger partial charge in [-0.15, -0.1) is 0 Å². The summed E-state index contributed by atoms with van der Waals surface area (Å²) in [7, 11) is 1.36. The molecule has 1 aliphatic rings. The van der Waals surface area contributed by atoms with Crippen molar-refractivity contribution in [3.63, 3.8) is 0 Å². The van der Waals surface area contributed by atoms with Crippen LogP contribution in [0, 0.1) is 6.92 Å². The summed E-state index contributed by atoms with van der Waals surface area (Å²) in [5, 5.41) is 24.8. The average molecular weight is 367 g/mol. The highest BCUT2D eigenvalue weighted by molar-refractivity contribution is 5.87. The van der Waals surface area contributed by atoms with E-state index in [-0.39, 0.29) is 18.3 Å². The van der Waals surface area contributed by atoms with Crippen LogP contribution in [0.2, 0.25) is 0 Å². The molecule has 0 saturated carbocycles. The van der Waals surface area contributed by atoms with Crippen molar-refractivity contribution < 1.29 is 19.7 Å². The average Bonchev–Trinajstić information content (AvgIpc) is 3.07. The first-order chi connectivity index (χ1) is 13.0. The second kappa shape index (κ2) is 6.68. The molecule has 27 heavy (non-hydrogen) atoms. The van der Waals surface area contributed by atoms with Crippen molar-refractivity contribution in [3.8, 4) is 5.75 Å². The van der Waals surface area contributed by atoms with Crippen LogP contribution in [0.3, 0.4) is 0 Å². The first-order valence-electron chi connectivity index (χ1n) is 8.76. The Morgan fingerprint density at radius 3 is 2.89 bits per heavy atom. The van der Waals surface area contributed by atoms with Crippen LogP contribution in [0.1, 0.15) is 34.1 Å². The minimum absolute atomic E-state index is 0.00849. The standard InChI is InChI=1S/C20H21N3O4/c1-10-19(25)16(11(9-24)8-21-10)18-17-13(7-15(23-18)20(26)27-2)12-5-3-4-6-14(12)22-17/h3-6,8,15,18,22-25H,7,9H2,1-2H3/t15-,18+/m1/s1. The second-order valence-corrected chi connectivity index (χ2v) is 6.73. The number of rotatable bonds is 3. The molecule has 3 heterocycles. The summed E-state index contributed by atoms with van der Waals surface area (Å²) in [6, 6.07) is 6.81. The Balaban J connectivity index is 1.96. The molecule has 1 aliphatic heterocycles. The zero-order valence-electron chi connectivity index (χ0n) is 15.1. The monoisotopic (exact) mass is 367 g/mol. The maximum atomic E-state index is 12.3. The zero-order valence-corrected chi connectivity index (χ0v) is 15.1. The van der Waals surface area contributed by atoms with E-state index >= 15 is 0 Å². The lowest BCUT2D eigenvalue weighted by molar-refractivity contribution is -0.143. The maximum absolute atomic E-state index is 12.3. The number of aromatic hydroxyl groups is 1. The van der Waals surface area contributed by atoms with Crippen LogP contribution in [0.4, 0.5) is 0 Å². The largest absolute Gasteiger partial charge is 0.506 e. The van der Waals surface area contributed by atoms with Gasteiger partial charge in [0.25, 0.3) is 0 Å². The molecule has 0 amide bonds. The number of methoxy groups -OCH3 is 1. The number of benzene rings is 1. The molecule has 0 spiro atoms. The fraction of sp³-hybridized carbons (Fsp3) is 0.300. The summed E-state index contributed by atoms with van der Waals surface area (Å²) in [4.78, 5) is 19.8. The molecule has 3 aromatic rings. The number of esters is 1. The summed E-state index contributed by atoms with van der Waals surface area (Å²) in [6.07, 6.45) is 2.03. The molecule has 140 valence electrons. The lowest BCUT2D eigenvalue weighted by Crippen LogP contribution is -2.45. The molecule has 0 radical (unpaired) electrons. The van der Waals surface area contributed by atoms with Crippen LogP contribution in [-0.4, -0.2) is 39.3 Å². The molecule has 4 rings (SSSR count). The van der Waals surface area contributed by atoms with Crippen LogP contribution in [0.5, 0.6) is 5.75 Å². The van der Waals surface area contributed by atoms with Gasteiger partial charge in [-0.3, -0.25) is 15.1 Å². The van der Waals surface area contributed by atoms with Crippen molar-refractivity contribution >= 4 is 16.9 Å². The van der Waals surface area contributed by atoms with Crippen LogP contribution < -0.4 is 5.32 Å². The Morgan fingerprint density at radius 2 is 2.15 bits per heavy atom. The molecule has 1 aromatic carbocycles. The molecule has 0 bridgehead atoms. The lowest BCUT2D eigenvalue weighted by atomic mass is 9.88. The normalized spacial score (nSPS) is 19.1. The number of hydrogen-bond donors (Lipinski definition) is 4. The number of aryl methyl sites for hydroxylation is 1. The van der Waals surface area contributed by atoms with Crippen molar-refractivity contribution in [1.82, 2.24) is 15.3 Å². The van der Waals surface area contributed by atoms with Crippen molar-refractivity contribution in [3.05, 3.63) is 58.5 Å². The molecule has 7 heteroatoms. The summed E-state index contributed by atoms with van der Waals surface area (Å²) in [5.74, 6) is -0.360. The Morgan fingerprint density at radius 1 is 1.37 bits per heavy atom. The van der Waals surface area contributed by atoms with E-state index in [1.807, 2.05) is 24.3 Å². The summed E-state index contributed by atoms with van der Waals surface area (Å²) >= 11 is 0. The number of aromatic nitrogens is 2. The van der Waals surface area contributed by atoms with Crippen molar-refractivity contribution in [2.45, 2.75) is 32.0 Å². The van der Waals surface area contributed by atoms with Gasteiger partial charge in [0, 0.05) is 40.3 Å². The number of hydrogen-bond acceptors (Lipinski definition) is 6. The highest BCUT2D eigenvalue weighted by Gasteiger charge is 2.36. The van der Waals surface area contributed by atoms with Gasteiger partial charge in [0.05, 0.1) is 25.5 Å². The van der Waals surface area contributed by atoms with E-state index in [0.29, 0.717) is 23.2 Å². The van der Waals surface area contributed by atoms with E-state index in [2.05, 4.69) is 15.3 Å². The van der Waals surface area contributed by atoms with Crippen LogP contribution in [0.25, 0.3) is 10.9 Å². The van der Waals surface area contributed by atoms with Crippen LogP contribution in [-0.2, 0) is 22.6 Å². The van der Waals surface area contributed by atoms with Gasteiger partial charge in [0.2, 0.25) is 0 Å². The number of H-pyrrole nitrogens is 1. The molecular formula is C20H21N3O4. The summed E-state index contributed by atoms with van der Waals surface area (Å²) in [6.45, 7) is 1.43. The maximum Gasteiger partial charge on any atom is 0.323 e. The predicted molar refractivity (Wildman–Crippen MR) is 99.3 cm³/mol. The topological polar surface area (TPSA) is 107 Å². The smallest absolute Gasteiger partial charge is 0.323 e. The molecule has 4 N–H and O–H groups in total. The van der Waals surface area contributed by atoms with E-state index in [4.69, 9.17) is 4.74 Å². The lowest BCUT2D eigenvalue weighted by Gasteiger charge is -2.31. The number of nitrogens with one attached hydrogen (secondary N) is 2. The zero-order chi connectivity index (χ0) is 19.1. The molecule has 0 unspecified atom stereocenters. The van der Waals surface area contributed by atoms with Crippen molar-refractivity contribution in [1.29, 1.82) is 0 Å². The number of ether oxygens (including phenoxy) is 1. The molecule has 0 fully saturated rings. The van der Waals surface area contributed by atoms with Crippen LogP contribution >= 0.6 is 0 Å². The number of carbonyl (C=O) groups excluding carboxylic acids is 1. The van der Waals surface area contributed by atoms with E-state index in [1.54, 1.807) is 13.1 Å². The fourth-order valence-corrected chi connectivity index (χ4v) is 3.86. The number of nitrogens with zero attached hydrogens (tertiary/aromatic N) is 1. The molecule has 0 aliphatic carbocycles. The van der Waals surface area contributed by atoms with E-state index < -0.39 is 12.1 Å². The highest BCUT2D eigenvalue weighted by atomic mass is 16.5. The van der Waals surface area contributed by atoms with Crippen molar-refractivity contribution in [2.75, 3.05) is 7.11 Å². The SMILES string of the molecule is COC(=O)[C@H]1Cc2c([nH]c3ccccc23)[C@H](c2c(CO)cnc(C)c2O)N1. The van der Waals surface area contributed by atoms with Gasteiger partial charge < -0.3 is 19.9 Å². The number of para-hydroxylation sites is 1. The molecule has 0 saturated heterocycles. The summed E-state index contributed by atoms with van der Waals surface area (Å²) in [5.41, 5.74) is 4.31. The van der Waals surface area contributed by atoms with E-state index in [9.17, 15) is 15.0 Å². The second-order valence-electron chi connectivity index (χ2n) is 6.73. The third-order valence-corrected chi connectivity index (χ3v) is 5.21. The highest BCUT2D eigenvalue weighted by Crippen LogP contribution is 2.40. The minimum atomic E-state index is -0.564. The number of aromatic amines is 1. The van der Waals surface area contributed by atoms with E-state index in [1.165, 1.54) is 7.11 Å².